The fourth-order valence-corrected chi connectivity index (χ4v) is 3.06. The Balaban J connectivity index is 1.89. The Morgan fingerprint density at radius 3 is 2.67 bits per heavy atom. The molecule has 3 rings (SSSR count). The minimum absolute atomic E-state index is 0.135. The minimum atomic E-state index is -0.811. The highest BCUT2D eigenvalue weighted by atomic mass is 16.6. The zero-order valence-electron chi connectivity index (χ0n) is 16.3. The van der Waals surface area contributed by atoms with Gasteiger partial charge in [0.2, 0.25) is 5.91 Å². The predicted molar refractivity (Wildman–Crippen MR) is 107 cm³/mol. The van der Waals surface area contributed by atoms with Gasteiger partial charge in [-0.2, -0.15) is 0 Å². The number of benzene rings is 2. The van der Waals surface area contributed by atoms with Crippen molar-refractivity contribution in [2.24, 2.45) is 0 Å². The van der Waals surface area contributed by atoms with Gasteiger partial charge in [0.05, 0.1) is 29.0 Å². The van der Waals surface area contributed by atoms with E-state index in [2.05, 4.69) is 5.32 Å². The van der Waals surface area contributed by atoms with Crippen molar-refractivity contribution in [3.63, 3.8) is 0 Å². The summed E-state index contributed by atoms with van der Waals surface area (Å²) in [7, 11) is 1.22. The molecule has 0 spiro atoms. The summed E-state index contributed by atoms with van der Waals surface area (Å²) in [6.07, 6.45) is -0.451. The topological polar surface area (TPSA) is 128 Å². The molecule has 0 saturated carbocycles. The number of hydrogen-bond acceptors (Lipinski definition) is 7. The Morgan fingerprint density at radius 2 is 2.00 bits per heavy atom. The van der Waals surface area contributed by atoms with E-state index in [9.17, 15) is 24.5 Å². The molecule has 0 aromatic heterocycles. The lowest BCUT2D eigenvalue weighted by atomic mass is 10.1. The van der Waals surface area contributed by atoms with Crippen LogP contribution >= 0.6 is 0 Å². The quantitative estimate of drug-likeness (QED) is 0.438. The van der Waals surface area contributed by atoms with Gasteiger partial charge in [0.15, 0.2) is 6.10 Å². The van der Waals surface area contributed by atoms with Gasteiger partial charge in [0, 0.05) is 12.1 Å². The van der Waals surface area contributed by atoms with E-state index in [1.54, 1.807) is 19.1 Å². The second kappa shape index (κ2) is 8.60. The summed E-state index contributed by atoms with van der Waals surface area (Å²) in [6.45, 7) is 1.34. The predicted octanol–water partition coefficient (Wildman–Crippen LogP) is 2.52. The molecule has 2 aromatic rings. The van der Waals surface area contributed by atoms with E-state index in [-0.39, 0.29) is 28.4 Å². The van der Waals surface area contributed by atoms with Crippen molar-refractivity contribution >= 4 is 34.8 Å². The number of nitro groups is 1. The molecule has 1 N–H and O–H groups in total. The molecule has 1 atom stereocenters. The van der Waals surface area contributed by atoms with Crippen molar-refractivity contribution in [3.8, 4) is 5.75 Å². The van der Waals surface area contributed by atoms with E-state index < -0.39 is 35.4 Å². The number of nitrogens with zero attached hydrogens (tertiary/aromatic N) is 2. The van der Waals surface area contributed by atoms with E-state index in [0.29, 0.717) is 6.42 Å². The fourth-order valence-electron chi connectivity index (χ4n) is 3.06. The summed E-state index contributed by atoms with van der Waals surface area (Å²) in [6, 6.07) is 10.1. The summed E-state index contributed by atoms with van der Waals surface area (Å²) in [5.74, 6) is -1.43. The molecular weight excluding hydrogens is 394 g/mol. The van der Waals surface area contributed by atoms with Gasteiger partial charge in [0.25, 0.3) is 11.6 Å². The molecule has 0 saturated heterocycles. The number of nitro benzene ring substituents is 1. The van der Waals surface area contributed by atoms with Crippen LogP contribution in [0.3, 0.4) is 0 Å². The van der Waals surface area contributed by atoms with Gasteiger partial charge in [-0.15, -0.1) is 0 Å². The Kier molecular flexibility index (Phi) is 5.95. The molecule has 156 valence electrons. The van der Waals surface area contributed by atoms with Gasteiger partial charge < -0.3 is 14.8 Å². The first-order chi connectivity index (χ1) is 14.3. The average Bonchev–Trinajstić information content (AvgIpc) is 2.74. The lowest BCUT2D eigenvalue weighted by Crippen LogP contribution is -2.48. The number of esters is 1. The van der Waals surface area contributed by atoms with Crippen LogP contribution < -0.4 is 15.0 Å². The zero-order valence-corrected chi connectivity index (χ0v) is 16.3. The van der Waals surface area contributed by atoms with Gasteiger partial charge in [-0.1, -0.05) is 19.1 Å². The Hall–Kier alpha value is -3.95. The lowest BCUT2D eigenvalue weighted by Gasteiger charge is -2.33. The molecule has 1 heterocycles. The monoisotopic (exact) mass is 413 g/mol. The van der Waals surface area contributed by atoms with Gasteiger partial charge in [-0.25, -0.2) is 4.79 Å². The van der Waals surface area contributed by atoms with E-state index in [0.717, 1.165) is 4.90 Å². The highest BCUT2D eigenvalue weighted by Crippen LogP contribution is 2.37. The van der Waals surface area contributed by atoms with Crippen molar-refractivity contribution in [1.82, 2.24) is 0 Å². The number of amides is 2. The molecule has 1 aliphatic rings. The van der Waals surface area contributed by atoms with Crippen molar-refractivity contribution < 1.29 is 28.8 Å². The molecule has 0 radical (unpaired) electrons. The summed E-state index contributed by atoms with van der Waals surface area (Å²) in [5.41, 5.74) is 0.280. The number of carbonyl (C=O) groups excluding carboxylic acids is 3. The maximum absolute atomic E-state index is 12.8. The zero-order chi connectivity index (χ0) is 21.8. The molecule has 2 amide bonds. The summed E-state index contributed by atoms with van der Waals surface area (Å²) in [4.78, 5) is 49.0. The lowest BCUT2D eigenvalue weighted by molar-refractivity contribution is -0.384. The Bertz CT molecular complexity index is 1020. The van der Waals surface area contributed by atoms with Gasteiger partial charge in [-0.05, 0) is 24.6 Å². The van der Waals surface area contributed by atoms with Crippen molar-refractivity contribution in [3.05, 3.63) is 58.1 Å². The molecular formula is C20H19N3O7. The van der Waals surface area contributed by atoms with Crippen LogP contribution in [0, 0.1) is 10.1 Å². The molecule has 0 bridgehead atoms. The number of hydrogen-bond donors (Lipinski definition) is 1. The van der Waals surface area contributed by atoms with Gasteiger partial charge >= 0.3 is 5.97 Å². The number of non-ortho nitro benzene ring substituents is 1. The molecule has 10 heteroatoms. The van der Waals surface area contributed by atoms with Gasteiger partial charge in [0.1, 0.15) is 12.3 Å². The molecule has 2 aromatic carbocycles. The summed E-state index contributed by atoms with van der Waals surface area (Å²) < 4.78 is 10.3. The van der Waals surface area contributed by atoms with E-state index in [4.69, 9.17) is 9.47 Å². The number of fused-ring (bicyclic) bond motifs is 1. The number of ether oxygens (including phenoxy) is 2. The first kappa shape index (κ1) is 20.8. The normalized spacial score (nSPS) is 15.1. The van der Waals surface area contributed by atoms with E-state index in [1.807, 2.05) is 0 Å². The van der Waals surface area contributed by atoms with Crippen LogP contribution in [0.25, 0.3) is 0 Å². The van der Waals surface area contributed by atoms with Crippen LogP contribution in [-0.4, -0.2) is 42.5 Å². The first-order valence-corrected chi connectivity index (χ1v) is 9.09. The highest BCUT2D eigenvalue weighted by molar-refractivity contribution is 6.08. The van der Waals surface area contributed by atoms with Crippen LogP contribution in [0.4, 0.5) is 17.1 Å². The third-order valence-corrected chi connectivity index (χ3v) is 4.53. The molecule has 1 aliphatic heterocycles. The molecule has 1 unspecified atom stereocenters. The number of methoxy groups -OCH3 is 1. The third-order valence-electron chi connectivity index (χ3n) is 4.53. The smallest absolute Gasteiger partial charge is 0.339 e. The SMILES string of the molecule is CCC1Oc2ccc([N+](=O)[O-])cc2N(CC(=O)Nc2ccccc2C(=O)OC)C1=O. The molecule has 0 fully saturated rings. The van der Waals surface area contributed by atoms with E-state index in [1.165, 1.54) is 37.4 Å². The summed E-state index contributed by atoms with van der Waals surface area (Å²) >= 11 is 0. The number of anilines is 2. The third kappa shape index (κ3) is 4.07. The maximum atomic E-state index is 12.8. The number of rotatable bonds is 6. The standard InChI is InChI=1S/C20H19N3O7/c1-3-16-19(25)22(15-10-12(23(27)28)8-9-17(15)30-16)11-18(24)21-14-7-5-4-6-13(14)20(26)29-2/h4-10,16H,3,11H2,1-2H3,(H,21,24). The van der Waals surface area contributed by atoms with Crippen molar-refractivity contribution in [2.45, 2.75) is 19.4 Å². The average molecular weight is 413 g/mol. The fraction of sp³-hybridized carbons (Fsp3) is 0.250. The van der Waals surface area contributed by atoms with E-state index >= 15 is 0 Å². The Labute approximate surface area is 171 Å². The number of carbonyl (C=O) groups is 3. The number of para-hydroxylation sites is 1. The number of nitrogens with one attached hydrogen (secondary N) is 1. The van der Waals surface area contributed by atoms with Crippen LogP contribution in [0.5, 0.6) is 5.75 Å². The largest absolute Gasteiger partial charge is 0.478 e. The second-order valence-corrected chi connectivity index (χ2v) is 6.43. The van der Waals surface area contributed by atoms with Gasteiger partial charge in [-0.3, -0.25) is 24.6 Å². The Morgan fingerprint density at radius 1 is 1.27 bits per heavy atom. The summed E-state index contributed by atoms with van der Waals surface area (Å²) in [5, 5.41) is 13.7. The molecule has 0 aliphatic carbocycles. The second-order valence-electron chi connectivity index (χ2n) is 6.43. The van der Waals surface area contributed by atoms with Crippen molar-refractivity contribution in [1.29, 1.82) is 0 Å². The molecule has 10 nitrogen and oxygen atoms in total. The van der Waals surface area contributed by atoms with Crippen LogP contribution in [0.2, 0.25) is 0 Å². The minimum Gasteiger partial charge on any atom is -0.478 e. The highest BCUT2D eigenvalue weighted by Gasteiger charge is 2.35. The first-order valence-electron chi connectivity index (χ1n) is 9.09. The molecule has 30 heavy (non-hydrogen) atoms. The van der Waals surface area contributed by atoms with Crippen LogP contribution in [-0.2, 0) is 14.3 Å². The van der Waals surface area contributed by atoms with Crippen molar-refractivity contribution in [2.75, 3.05) is 23.9 Å². The van der Waals surface area contributed by atoms with Crippen LogP contribution in [0.15, 0.2) is 42.5 Å². The van der Waals surface area contributed by atoms with Crippen LogP contribution in [0.1, 0.15) is 23.7 Å². The maximum Gasteiger partial charge on any atom is 0.339 e.